The molecule has 1 unspecified atom stereocenters. The van der Waals surface area contributed by atoms with Gasteiger partial charge in [-0.15, -0.1) is 0 Å². The van der Waals surface area contributed by atoms with Gasteiger partial charge in [0.2, 0.25) is 6.35 Å². The smallest absolute Gasteiger partial charge is 0.248 e. The van der Waals surface area contributed by atoms with Crippen LogP contribution in [0.1, 0.15) is 5.56 Å². The van der Waals surface area contributed by atoms with Gasteiger partial charge in [-0.05, 0) is 35.7 Å². The van der Waals surface area contributed by atoms with Gasteiger partial charge >= 0.3 is 0 Å². The highest BCUT2D eigenvalue weighted by Gasteiger charge is 2.18. The number of anilines is 2. The lowest BCUT2D eigenvalue weighted by atomic mass is 10.1. The molecule has 0 aliphatic carbocycles. The summed E-state index contributed by atoms with van der Waals surface area (Å²) in [5.74, 6) is 0.814. The van der Waals surface area contributed by atoms with Crippen molar-refractivity contribution in [2.24, 2.45) is 0 Å². The second-order valence-corrected chi connectivity index (χ2v) is 6.25. The lowest BCUT2D eigenvalue weighted by Crippen LogP contribution is -2.30. The van der Waals surface area contributed by atoms with Crippen LogP contribution in [0.3, 0.4) is 0 Å². The summed E-state index contributed by atoms with van der Waals surface area (Å²) in [6.07, 6.45) is 7.25. The predicted octanol–water partition coefficient (Wildman–Crippen LogP) is 4.24. The van der Waals surface area contributed by atoms with Gasteiger partial charge in [0.25, 0.3) is 0 Å². The standard InChI is InChI=1S/C19H18N4OS/c1-25-23-17-4-2-3-16(10-17)22-19-21-12-18(24-19)14-5-6-15-11-20-8-7-13(15)9-14/h2-12,19,21-23H,1H3. The first-order valence-electron chi connectivity index (χ1n) is 7.94. The maximum atomic E-state index is 6.00. The summed E-state index contributed by atoms with van der Waals surface area (Å²) < 4.78 is 9.22. The number of benzene rings is 2. The molecule has 3 aromatic rings. The molecule has 5 nitrogen and oxygen atoms in total. The number of nitrogens with one attached hydrogen (secondary N) is 3. The lowest BCUT2D eigenvalue weighted by Gasteiger charge is -2.17. The molecular formula is C19H18N4OS. The number of fused-ring (bicyclic) bond motifs is 1. The Kier molecular flexibility index (Phi) is 4.35. The minimum atomic E-state index is -0.298. The van der Waals surface area contributed by atoms with Crippen molar-refractivity contribution in [1.82, 2.24) is 10.3 Å². The summed E-state index contributed by atoms with van der Waals surface area (Å²) in [6.45, 7) is 0. The summed E-state index contributed by atoms with van der Waals surface area (Å²) in [4.78, 5) is 4.14. The van der Waals surface area contributed by atoms with Gasteiger partial charge in [0.15, 0.2) is 0 Å². The molecule has 1 aliphatic rings. The molecule has 25 heavy (non-hydrogen) atoms. The van der Waals surface area contributed by atoms with E-state index in [1.54, 1.807) is 18.1 Å². The molecule has 126 valence electrons. The number of pyridine rings is 1. The highest BCUT2D eigenvalue weighted by atomic mass is 32.2. The quantitative estimate of drug-likeness (QED) is 0.599. The third-order valence-corrected chi connectivity index (χ3v) is 4.36. The fourth-order valence-electron chi connectivity index (χ4n) is 2.75. The fourth-order valence-corrected chi connectivity index (χ4v) is 3.11. The molecule has 4 rings (SSSR count). The van der Waals surface area contributed by atoms with Crippen molar-refractivity contribution in [3.8, 4) is 0 Å². The summed E-state index contributed by atoms with van der Waals surface area (Å²) >= 11 is 1.57. The Bertz CT molecular complexity index is 928. The third kappa shape index (κ3) is 3.49. The molecule has 3 N–H and O–H groups in total. The highest BCUT2D eigenvalue weighted by molar-refractivity contribution is 7.99. The molecule has 1 aromatic heterocycles. The van der Waals surface area contributed by atoms with Crippen LogP contribution in [0, 0.1) is 0 Å². The van der Waals surface area contributed by atoms with Crippen LogP contribution >= 0.6 is 11.9 Å². The van der Waals surface area contributed by atoms with Crippen LogP contribution < -0.4 is 15.4 Å². The maximum Gasteiger partial charge on any atom is 0.248 e. The van der Waals surface area contributed by atoms with Crippen molar-refractivity contribution >= 4 is 39.9 Å². The van der Waals surface area contributed by atoms with E-state index in [4.69, 9.17) is 4.74 Å². The average Bonchev–Trinajstić information content (AvgIpc) is 3.10. The van der Waals surface area contributed by atoms with Crippen molar-refractivity contribution in [3.05, 3.63) is 72.7 Å². The number of hydrogen-bond donors (Lipinski definition) is 3. The van der Waals surface area contributed by atoms with Gasteiger partial charge in [-0.25, -0.2) is 0 Å². The minimum Gasteiger partial charge on any atom is -0.450 e. The molecule has 0 saturated carbocycles. The number of hydrogen-bond acceptors (Lipinski definition) is 6. The van der Waals surface area contributed by atoms with E-state index in [1.165, 1.54) is 0 Å². The molecule has 0 saturated heterocycles. The van der Waals surface area contributed by atoms with Gasteiger partial charge in [-0.1, -0.05) is 30.1 Å². The first-order chi connectivity index (χ1) is 12.3. The van der Waals surface area contributed by atoms with Gasteiger partial charge in [-0.3, -0.25) is 4.98 Å². The number of rotatable bonds is 5. The Balaban J connectivity index is 1.46. The van der Waals surface area contributed by atoms with E-state index in [0.29, 0.717) is 0 Å². The van der Waals surface area contributed by atoms with Gasteiger partial charge in [-0.2, -0.15) is 0 Å². The van der Waals surface area contributed by atoms with E-state index in [1.807, 2.05) is 55.1 Å². The molecule has 0 fully saturated rings. The van der Waals surface area contributed by atoms with Crippen LogP contribution in [0.2, 0.25) is 0 Å². The maximum absolute atomic E-state index is 6.00. The molecule has 0 spiro atoms. The van der Waals surface area contributed by atoms with Crippen molar-refractivity contribution in [2.75, 3.05) is 16.3 Å². The summed E-state index contributed by atoms with van der Waals surface area (Å²) in [5, 5.41) is 8.81. The van der Waals surface area contributed by atoms with Crippen molar-refractivity contribution < 1.29 is 4.74 Å². The van der Waals surface area contributed by atoms with Crippen LogP contribution in [-0.4, -0.2) is 17.6 Å². The Morgan fingerprint density at radius 3 is 2.92 bits per heavy atom. The Morgan fingerprint density at radius 2 is 2.00 bits per heavy atom. The first kappa shape index (κ1) is 15.7. The Morgan fingerprint density at radius 1 is 1.08 bits per heavy atom. The van der Waals surface area contributed by atoms with Gasteiger partial charge in [0.05, 0.1) is 0 Å². The molecule has 1 atom stereocenters. The van der Waals surface area contributed by atoms with Crippen LogP contribution in [0.5, 0.6) is 0 Å². The average molecular weight is 350 g/mol. The highest BCUT2D eigenvalue weighted by Crippen LogP contribution is 2.26. The number of nitrogens with zero attached hydrogens (tertiary/aromatic N) is 1. The summed E-state index contributed by atoms with van der Waals surface area (Å²) in [6, 6.07) is 16.3. The van der Waals surface area contributed by atoms with Gasteiger partial charge in [0, 0.05) is 47.2 Å². The van der Waals surface area contributed by atoms with Crippen molar-refractivity contribution in [1.29, 1.82) is 0 Å². The van der Waals surface area contributed by atoms with Crippen molar-refractivity contribution in [2.45, 2.75) is 6.35 Å². The van der Waals surface area contributed by atoms with E-state index in [9.17, 15) is 0 Å². The monoisotopic (exact) mass is 350 g/mol. The zero-order valence-corrected chi connectivity index (χ0v) is 14.5. The second-order valence-electron chi connectivity index (χ2n) is 5.64. The molecule has 6 heteroatoms. The van der Waals surface area contributed by atoms with Crippen molar-refractivity contribution in [3.63, 3.8) is 0 Å². The SMILES string of the molecule is CSNc1cccc(NC2NC=C(c3ccc4cnccc4c3)O2)c1. The summed E-state index contributed by atoms with van der Waals surface area (Å²) in [7, 11) is 0. The number of ether oxygens (including phenoxy) is 1. The molecule has 1 aliphatic heterocycles. The van der Waals surface area contributed by atoms with E-state index in [-0.39, 0.29) is 6.35 Å². The largest absolute Gasteiger partial charge is 0.450 e. The Labute approximate surface area is 150 Å². The minimum absolute atomic E-state index is 0.298. The molecule has 2 aromatic carbocycles. The molecule has 2 heterocycles. The molecular weight excluding hydrogens is 332 g/mol. The van der Waals surface area contributed by atoms with E-state index in [2.05, 4.69) is 32.5 Å². The Hall–Kier alpha value is -2.86. The van der Waals surface area contributed by atoms with Crippen LogP contribution in [0.15, 0.2) is 67.1 Å². The summed E-state index contributed by atoms with van der Waals surface area (Å²) in [5.41, 5.74) is 3.07. The lowest BCUT2D eigenvalue weighted by molar-refractivity contribution is 0.199. The van der Waals surface area contributed by atoms with E-state index in [0.717, 1.165) is 33.5 Å². The zero-order chi connectivity index (χ0) is 17.1. The van der Waals surface area contributed by atoms with E-state index >= 15 is 0 Å². The predicted molar refractivity (Wildman–Crippen MR) is 105 cm³/mol. The first-order valence-corrected chi connectivity index (χ1v) is 9.17. The number of aromatic nitrogens is 1. The normalized spacial score (nSPS) is 16.0. The fraction of sp³-hybridized carbons (Fsp3) is 0.105. The molecule has 0 bridgehead atoms. The topological polar surface area (TPSA) is 58.2 Å². The third-order valence-electron chi connectivity index (χ3n) is 3.92. The van der Waals surface area contributed by atoms with Crippen LogP contribution in [0.4, 0.5) is 11.4 Å². The molecule has 0 amide bonds. The van der Waals surface area contributed by atoms with Crippen LogP contribution in [0.25, 0.3) is 16.5 Å². The van der Waals surface area contributed by atoms with Gasteiger partial charge in [0.1, 0.15) is 5.76 Å². The zero-order valence-electron chi connectivity index (χ0n) is 13.7. The van der Waals surface area contributed by atoms with Gasteiger partial charge < -0.3 is 20.1 Å². The van der Waals surface area contributed by atoms with E-state index < -0.39 is 0 Å². The van der Waals surface area contributed by atoms with Crippen LogP contribution in [-0.2, 0) is 4.74 Å². The second kappa shape index (κ2) is 6.94. The molecule has 0 radical (unpaired) electrons.